The first-order chi connectivity index (χ1) is 17.7. The van der Waals surface area contributed by atoms with E-state index in [2.05, 4.69) is 12.2 Å². The molecule has 10 heteroatoms. The van der Waals surface area contributed by atoms with Gasteiger partial charge in [-0.05, 0) is 63.0 Å². The zero-order chi connectivity index (χ0) is 28.0. The van der Waals surface area contributed by atoms with Gasteiger partial charge >= 0.3 is 11.9 Å². The molecule has 10 nitrogen and oxygen atoms in total. The Hall–Kier alpha value is -2.85. The van der Waals surface area contributed by atoms with E-state index in [1.54, 1.807) is 12.2 Å². The Balaban J connectivity index is 1.40. The summed E-state index contributed by atoms with van der Waals surface area (Å²) in [6.07, 6.45) is 6.20. The molecule has 3 saturated carbocycles. The van der Waals surface area contributed by atoms with Crippen molar-refractivity contribution in [1.82, 2.24) is 5.32 Å². The minimum Gasteiger partial charge on any atom is -0.480 e. The number of carboxylic acids is 1. The Kier molecular flexibility index (Phi) is 7.44. The van der Waals surface area contributed by atoms with Gasteiger partial charge in [0.2, 0.25) is 11.7 Å². The molecule has 3 fully saturated rings. The van der Waals surface area contributed by atoms with E-state index < -0.39 is 58.8 Å². The van der Waals surface area contributed by atoms with Gasteiger partial charge in [0.15, 0.2) is 12.4 Å². The number of carboxylic acid groups (broad SMARTS) is 1. The van der Waals surface area contributed by atoms with Gasteiger partial charge in [-0.2, -0.15) is 0 Å². The van der Waals surface area contributed by atoms with E-state index in [4.69, 9.17) is 9.84 Å². The quantitative estimate of drug-likeness (QED) is 0.339. The topological polar surface area (TPSA) is 167 Å². The number of allylic oxidation sites excluding steroid dienone is 4. The second-order valence-electron chi connectivity index (χ2n) is 11.8. The fourth-order valence-corrected chi connectivity index (χ4v) is 7.72. The number of carbonyl (C=O) groups excluding carboxylic acids is 4. The summed E-state index contributed by atoms with van der Waals surface area (Å²) in [5, 5.41) is 34.2. The summed E-state index contributed by atoms with van der Waals surface area (Å²) in [6, 6.07) is -1.10. The van der Waals surface area contributed by atoms with Crippen molar-refractivity contribution >= 4 is 29.4 Å². The standard InChI is InChI=1S/C28H37NO9/c1-15(25(35)36)29-22(33)6-7-23(34)38-14-21(32)28(37)11-9-19-18-5-4-16-12-17(30)8-10-26(16,2)24(18)20(31)13-27(19,28)3/h8,10,12,15,18-20,24,31,37H,4-7,9,11,13-14H2,1-3H3,(H,29,33)(H,35,36)/t15-,18+,19+,20+,24-,26+,27+,28+/m1/s1. The molecule has 0 aliphatic heterocycles. The van der Waals surface area contributed by atoms with Crippen LogP contribution in [0.25, 0.3) is 0 Å². The number of carbonyl (C=O) groups is 5. The number of ketones is 2. The first kappa shape index (κ1) is 28.2. The van der Waals surface area contributed by atoms with E-state index in [9.17, 15) is 34.2 Å². The fraction of sp³-hybridized carbons (Fsp3) is 0.679. The average Bonchev–Trinajstić information content (AvgIpc) is 3.12. The number of Topliss-reactive ketones (excluding diaryl/α,β-unsaturated/α-hetero) is 1. The number of aliphatic carboxylic acids is 1. The Bertz CT molecular complexity index is 1110. The highest BCUT2D eigenvalue weighted by Gasteiger charge is 2.68. The van der Waals surface area contributed by atoms with Crippen LogP contribution in [0.2, 0.25) is 0 Å². The van der Waals surface area contributed by atoms with Crippen LogP contribution in [0.3, 0.4) is 0 Å². The molecule has 38 heavy (non-hydrogen) atoms. The fourth-order valence-electron chi connectivity index (χ4n) is 7.72. The van der Waals surface area contributed by atoms with Crippen molar-refractivity contribution in [3.05, 3.63) is 23.8 Å². The number of ether oxygens (including phenoxy) is 1. The van der Waals surface area contributed by atoms with Gasteiger partial charge in [0.05, 0.1) is 12.5 Å². The lowest BCUT2D eigenvalue weighted by molar-refractivity contribution is -0.181. The summed E-state index contributed by atoms with van der Waals surface area (Å²) in [4.78, 5) is 60.0. The molecule has 0 aromatic heterocycles. The highest BCUT2D eigenvalue weighted by molar-refractivity contribution is 6.01. The van der Waals surface area contributed by atoms with Crippen molar-refractivity contribution in [3.63, 3.8) is 0 Å². The second kappa shape index (κ2) is 10.0. The summed E-state index contributed by atoms with van der Waals surface area (Å²) in [6.45, 7) is 4.54. The molecule has 4 rings (SSSR count). The van der Waals surface area contributed by atoms with Crippen molar-refractivity contribution in [2.75, 3.05) is 6.61 Å². The first-order valence-electron chi connectivity index (χ1n) is 13.3. The Morgan fingerprint density at radius 3 is 2.58 bits per heavy atom. The molecular weight excluding hydrogens is 494 g/mol. The number of amides is 1. The van der Waals surface area contributed by atoms with Crippen LogP contribution in [0, 0.1) is 28.6 Å². The van der Waals surface area contributed by atoms with Gasteiger partial charge in [-0.1, -0.05) is 25.5 Å². The predicted molar refractivity (Wildman–Crippen MR) is 133 cm³/mol. The van der Waals surface area contributed by atoms with E-state index in [1.807, 2.05) is 13.0 Å². The minimum atomic E-state index is -1.77. The SMILES string of the molecule is C[C@@H](NC(=O)CCC(=O)OCC(=O)[C@@]1(O)CC[C@H]2[C@@H]3CCC4=CC(=O)C=C[C@]4(C)[C@H]3[C@@H](O)C[C@@]21C)C(=O)O. The van der Waals surface area contributed by atoms with Gasteiger partial charge in [0, 0.05) is 23.2 Å². The first-order valence-corrected chi connectivity index (χ1v) is 13.3. The molecule has 0 heterocycles. The third kappa shape index (κ3) is 4.62. The summed E-state index contributed by atoms with van der Waals surface area (Å²) < 4.78 is 5.08. The minimum absolute atomic E-state index is 0.0233. The van der Waals surface area contributed by atoms with Gasteiger partial charge in [-0.3, -0.25) is 24.0 Å². The van der Waals surface area contributed by atoms with Crippen LogP contribution in [-0.4, -0.2) is 69.1 Å². The molecule has 0 aromatic carbocycles. The van der Waals surface area contributed by atoms with Crippen LogP contribution >= 0.6 is 0 Å². The molecule has 0 spiro atoms. The summed E-state index contributed by atoms with van der Waals surface area (Å²) in [7, 11) is 0. The van der Waals surface area contributed by atoms with E-state index >= 15 is 0 Å². The molecule has 208 valence electrons. The molecule has 0 unspecified atom stereocenters. The maximum atomic E-state index is 13.3. The number of hydrogen-bond donors (Lipinski definition) is 4. The third-order valence-electron chi connectivity index (χ3n) is 9.78. The maximum Gasteiger partial charge on any atom is 0.325 e. The Morgan fingerprint density at radius 1 is 1.18 bits per heavy atom. The highest BCUT2D eigenvalue weighted by atomic mass is 16.5. The highest BCUT2D eigenvalue weighted by Crippen LogP contribution is 2.67. The van der Waals surface area contributed by atoms with E-state index in [0.717, 1.165) is 18.4 Å². The summed E-state index contributed by atoms with van der Waals surface area (Å²) in [5.74, 6) is -3.41. The predicted octanol–water partition coefficient (Wildman–Crippen LogP) is 1.48. The second-order valence-corrected chi connectivity index (χ2v) is 11.8. The van der Waals surface area contributed by atoms with Gasteiger partial charge in [0.25, 0.3) is 0 Å². The molecule has 4 aliphatic carbocycles. The molecule has 1 amide bonds. The normalized spacial score (nSPS) is 38.2. The number of hydrogen-bond acceptors (Lipinski definition) is 8. The zero-order valence-corrected chi connectivity index (χ0v) is 22.1. The van der Waals surface area contributed by atoms with Crippen molar-refractivity contribution in [2.45, 2.75) is 83.5 Å². The number of nitrogens with one attached hydrogen (secondary N) is 1. The van der Waals surface area contributed by atoms with E-state index in [1.165, 1.54) is 6.92 Å². The van der Waals surface area contributed by atoms with Crippen molar-refractivity contribution in [2.24, 2.45) is 28.6 Å². The molecule has 0 radical (unpaired) electrons. The third-order valence-corrected chi connectivity index (χ3v) is 9.78. The maximum absolute atomic E-state index is 13.3. The summed E-state index contributed by atoms with van der Waals surface area (Å²) >= 11 is 0. The van der Waals surface area contributed by atoms with Crippen LogP contribution < -0.4 is 5.32 Å². The lowest BCUT2D eigenvalue weighted by Gasteiger charge is -2.59. The van der Waals surface area contributed by atoms with Crippen LogP contribution in [0.5, 0.6) is 0 Å². The van der Waals surface area contributed by atoms with Crippen LogP contribution in [0.15, 0.2) is 23.8 Å². The van der Waals surface area contributed by atoms with Crippen molar-refractivity contribution < 1.29 is 44.0 Å². The molecule has 0 saturated heterocycles. The van der Waals surface area contributed by atoms with Gasteiger partial charge in [0.1, 0.15) is 11.6 Å². The monoisotopic (exact) mass is 531 g/mol. The van der Waals surface area contributed by atoms with Crippen molar-refractivity contribution in [1.29, 1.82) is 0 Å². The molecule has 4 aliphatic rings. The molecule has 4 N–H and O–H groups in total. The Labute approximate surface area is 221 Å². The van der Waals surface area contributed by atoms with Gasteiger partial charge < -0.3 is 25.4 Å². The van der Waals surface area contributed by atoms with E-state index in [0.29, 0.717) is 6.42 Å². The largest absolute Gasteiger partial charge is 0.480 e. The lowest BCUT2D eigenvalue weighted by Crippen LogP contribution is -2.61. The van der Waals surface area contributed by atoms with Gasteiger partial charge in [-0.15, -0.1) is 0 Å². The zero-order valence-electron chi connectivity index (χ0n) is 22.1. The number of fused-ring (bicyclic) bond motifs is 5. The number of aliphatic hydroxyl groups excluding tert-OH is 1. The number of esters is 1. The molecule has 0 aromatic rings. The molecular formula is C28H37NO9. The smallest absolute Gasteiger partial charge is 0.325 e. The van der Waals surface area contributed by atoms with Crippen molar-refractivity contribution in [3.8, 4) is 0 Å². The molecule has 8 atom stereocenters. The molecule has 0 bridgehead atoms. The van der Waals surface area contributed by atoms with Gasteiger partial charge in [-0.25, -0.2) is 0 Å². The lowest BCUT2D eigenvalue weighted by atomic mass is 9.46. The van der Waals surface area contributed by atoms with Crippen LogP contribution in [0.4, 0.5) is 0 Å². The van der Waals surface area contributed by atoms with Crippen LogP contribution in [-0.2, 0) is 28.7 Å². The average molecular weight is 532 g/mol. The summed E-state index contributed by atoms with van der Waals surface area (Å²) in [5.41, 5.74) is -2.10. The van der Waals surface area contributed by atoms with Crippen LogP contribution in [0.1, 0.15) is 65.7 Å². The Morgan fingerprint density at radius 2 is 1.89 bits per heavy atom. The number of rotatable bonds is 8. The van der Waals surface area contributed by atoms with E-state index in [-0.39, 0.29) is 49.2 Å². The number of aliphatic hydroxyl groups is 2.